The van der Waals surface area contributed by atoms with Crippen LogP contribution in [-0.2, 0) is 14.4 Å². The second kappa shape index (κ2) is 8.26. The van der Waals surface area contributed by atoms with Gasteiger partial charge in [0.1, 0.15) is 6.04 Å². The first kappa shape index (κ1) is 17.8. The van der Waals surface area contributed by atoms with Gasteiger partial charge < -0.3 is 15.3 Å². The van der Waals surface area contributed by atoms with Gasteiger partial charge in [-0.15, -0.1) is 11.8 Å². The normalized spacial score (nSPS) is 23.5. The number of carboxylic acid groups (broad SMARTS) is 1. The third kappa shape index (κ3) is 5.57. The number of carbonyl (C=O) groups is 3. The van der Waals surface area contributed by atoms with Gasteiger partial charge in [-0.05, 0) is 33.1 Å². The lowest BCUT2D eigenvalue weighted by atomic mass is 9.98. The van der Waals surface area contributed by atoms with E-state index in [0.717, 1.165) is 19.3 Å². The summed E-state index contributed by atoms with van der Waals surface area (Å²) in [5.41, 5.74) is 0. The molecule has 6 nitrogen and oxygen atoms in total. The highest BCUT2D eigenvalue weighted by Crippen LogP contribution is 2.23. The largest absolute Gasteiger partial charge is 0.480 e. The maximum absolute atomic E-state index is 12.3. The van der Waals surface area contributed by atoms with Gasteiger partial charge in [0.2, 0.25) is 11.8 Å². The number of hydrogen-bond acceptors (Lipinski definition) is 4. The van der Waals surface area contributed by atoms with Gasteiger partial charge >= 0.3 is 5.97 Å². The summed E-state index contributed by atoms with van der Waals surface area (Å²) in [6.07, 6.45) is 3.18. The summed E-state index contributed by atoms with van der Waals surface area (Å²) in [7, 11) is 0. The maximum atomic E-state index is 12.3. The first-order valence-electron chi connectivity index (χ1n) is 7.21. The van der Waals surface area contributed by atoms with E-state index in [0.29, 0.717) is 0 Å². The van der Waals surface area contributed by atoms with Gasteiger partial charge in [0.25, 0.3) is 0 Å². The Morgan fingerprint density at radius 3 is 2.33 bits per heavy atom. The summed E-state index contributed by atoms with van der Waals surface area (Å²) in [5.74, 6) is -0.973. The molecule has 2 unspecified atom stereocenters. The molecule has 1 fully saturated rings. The van der Waals surface area contributed by atoms with E-state index in [1.807, 2.05) is 4.90 Å². The van der Waals surface area contributed by atoms with Crippen molar-refractivity contribution in [2.75, 3.05) is 11.5 Å². The Hall–Kier alpha value is -1.24. The molecule has 1 aliphatic rings. The molecule has 0 radical (unpaired) electrons. The fourth-order valence-electron chi connectivity index (χ4n) is 2.67. The Bertz CT molecular complexity index is 392. The molecule has 1 rings (SSSR count). The predicted octanol–water partition coefficient (Wildman–Crippen LogP) is 1.10. The molecule has 21 heavy (non-hydrogen) atoms. The Morgan fingerprint density at radius 1 is 1.29 bits per heavy atom. The minimum absolute atomic E-state index is 0.0478. The van der Waals surface area contributed by atoms with Crippen LogP contribution in [0, 0.1) is 0 Å². The number of likely N-dealkylation sites (tertiary alicyclic amines) is 1. The van der Waals surface area contributed by atoms with Crippen LogP contribution in [0.15, 0.2) is 0 Å². The van der Waals surface area contributed by atoms with Crippen LogP contribution in [-0.4, -0.2) is 57.4 Å². The van der Waals surface area contributed by atoms with Crippen molar-refractivity contribution in [2.24, 2.45) is 0 Å². The zero-order valence-corrected chi connectivity index (χ0v) is 13.6. The highest BCUT2D eigenvalue weighted by Gasteiger charge is 2.29. The molecule has 3 atom stereocenters. The first-order valence-corrected chi connectivity index (χ1v) is 8.37. The molecule has 1 aliphatic heterocycles. The van der Waals surface area contributed by atoms with Crippen molar-refractivity contribution in [2.45, 2.75) is 58.2 Å². The molecule has 0 spiro atoms. The summed E-state index contributed by atoms with van der Waals surface area (Å²) in [4.78, 5) is 36.1. The first-order chi connectivity index (χ1) is 9.82. The molecule has 2 amide bonds. The van der Waals surface area contributed by atoms with E-state index in [9.17, 15) is 14.4 Å². The Morgan fingerprint density at radius 2 is 1.86 bits per heavy atom. The van der Waals surface area contributed by atoms with Gasteiger partial charge in [-0.1, -0.05) is 0 Å². The number of nitrogens with zero attached hydrogens (tertiary/aromatic N) is 1. The maximum Gasteiger partial charge on any atom is 0.327 e. The number of carboxylic acids is 1. The number of nitrogens with one attached hydrogen (secondary N) is 1. The van der Waals surface area contributed by atoms with Crippen LogP contribution in [0.4, 0.5) is 0 Å². The lowest BCUT2D eigenvalue weighted by Crippen LogP contribution is -2.48. The van der Waals surface area contributed by atoms with Crippen LogP contribution >= 0.6 is 11.8 Å². The molecule has 120 valence electrons. The van der Waals surface area contributed by atoms with Crippen LogP contribution in [0.1, 0.15) is 40.0 Å². The number of amides is 2. The number of carbonyl (C=O) groups excluding carboxylic acids is 2. The van der Waals surface area contributed by atoms with Gasteiger partial charge in [0.05, 0.1) is 5.75 Å². The minimum atomic E-state index is -1.08. The van der Waals surface area contributed by atoms with Crippen LogP contribution in [0.2, 0.25) is 0 Å². The average molecular weight is 316 g/mol. The molecule has 0 aromatic heterocycles. The Kier molecular flexibility index (Phi) is 7.01. The third-order valence-electron chi connectivity index (χ3n) is 3.67. The zero-order valence-electron chi connectivity index (χ0n) is 12.8. The summed E-state index contributed by atoms with van der Waals surface area (Å²) in [6.45, 7) is 5.38. The highest BCUT2D eigenvalue weighted by molar-refractivity contribution is 8.00. The van der Waals surface area contributed by atoms with Crippen LogP contribution < -0.4 is 5.32 Å². The smallest absolute Gasteiger partial charge is 0.327 e. The Balaban J connectivity index is 2.44. The lowest BCUT2D eigenvalue weighted by molar-refractivity contribution is -0.140. The summed E-state index contributed by atoms with van der Waals surface area (Å²) >= 11 is 1.25. The van der Waals surface area contributed by atoms with E-state index in [1.54, 1.807) is 0 Å². The standard InChI is InChI=1S/C14H24N2O4S/c1-9-5-4-6-10(2)16(9)13(18)8-21-7-12(14(19)20)15-11(3)17/h9-10,12H,4-8H2,1-3H3,(H,15,17)(H,19,20)/t9?,10?,12-/m0/s1. The van der Waals surface area contributed by atoms with Gasteiger partial charge in [-0.2, -0.15) is 0 Å². The van der Waals surface area contributed by atoms with Gasteiger partial charge in [0, 0.05) is 24.8 Å². The zero-order chi connectivity index (χ0) is 16.0. The molecule has 0 aromatic rings. The number of aliphatic carboxylic acids is 1. The molecular weight excluding hydrogens is 292 g/mol. The SMILES string of the molecule is CC(=O)N[C@@H](CSCC(=O)N1C(C)CCCC1C)C(=O)O. The summed E-state index contributed by atoms with van der Waals surface area (Å²) < 4.78 is 0. The van der Waals surface area contributed by atoms with Crippen LogP contribution in [0.5, 0.6) is 0 Å². The van der Waals surface area contributed by atoms with E-state index in [2.05, 4.69) is 19.2 Å². The molecule has 0 aliphatic carbocycles. The van der Waals surface area contributed by atoms with E-state index >= 15 is 0 Å². The van der Waals surface area contributed by atoms with E-state index < -0.39 is 12.0 Å². The molecule has 0 aromatic carbocycles. The van der Waals surface area contributed by atoms with Crippen molar-refractivity contribution in [1.82, 2.24) is 10.2 Å². The highest BCUT2D eigenvalue weighted by atomic mass is 32.2. The molecule has 0 bridgehead atoms. The van der Waals surface area contributed by atoms with Crippen molar-refractivity contribution in [1.29, 1.82) is 0 Å². The third-order valence-corrected chi connectivity index (χ3v) is 4.69. The lowest BCUT2D eigenvalue weighted by Gasteiger charge is -2.39. The molecule has 0 saturated carbocycles. The van der Waals surface area contributed by atoms with Gasteiger partial charge in [0.15, 0.2) is 0 Å². The van der Waals surface area contributed by atoms with Crippen molar-refractivity contribution in [3.8, 4) is 0 Å². The number of rotatable bonds is 6. The second-order valence-electron chi connectivity index (χ2n) is 5.54. The minimum Gasteiger partial charge on any atom is -0.480 e. The van der Waals surface area contributed by atoms with Crippen molar-refractivity contribution >= 4 is 29.5 Å². The summed E-state index contributed by atoms with van der Waals surface area (Å²) in [5, 5.41) is 11.4. The number of piperidine rings is 1. The van der Waals surface area contributed by atoms with Crippen molar-refractivity contribution in [3.63, 3.8) is 0 Å². The predicted molar refractivity (Wildman–Crippen MR) is 82.2 cm³/mol. The average Bonchev–Trinajstić information content (AvgIpc) is 2.36. The molecule has 1 heterocycles. The van der Waals surface area contributed by atoms with Gasteiger partial charge in [-0.25, -0.2) is 4.79 Å². The monoisotopic (exact) mass is 316 g/mol. The molecule has 2 N–H and O–H groups in total. The topological polar surface area (TPSA) is 86.7 Å². The van der Waals surface area contributed by atoms with Crippen LogP contribution in [0.3, 0.4) is 0 Å². The van der Waals surface area contributed by atoms with E-state index in [4.69, 9.17) is 5.11 Å². The van der Waals surface area contributed by atoms with Crippen molar-refractivity contribution in [3.05, 3.63) is 0 Å². The molecular formula is C14H24N2O4S. The number of thioether (sulfide) groups is 1. The van der Waals surface area contributed by atoms with E-state index in [-0.39, 0.29) is 35.4 Å². The number of hydrogen-bond donors (Lipinski definition) is 2. The summed E-state index contributed by atoms with van der Waals surface area (Å²) in [6, 6.07) is -0.462. The molecule has 1 saturated heterocycles. The Labute approximate surface area is 129 Å². The fraction of sp³-hybridized carbons (Fsp3) is 0.786. The van der Waals surface area contributed by atoms with Crippen LogP contribution in [0.25, 0.3) is 0 Å². The molecule has 7 heteroatoms. The fourth-order valence-corrected chi connectivity index (χ4v) is 3.57. The van der Waals surface area contributed by atoms with Crippen molar-refractivity contribution < 1.29 is 19.5 Å². The van der Waals surface area contributed by atoms with Gasteiger partial charge in [-0.3, -0.25) is 9.59 Å². The second-order valence-corrected chi connectivity index (χ2v) is 6.57. The van der Waals surface area contributed by atoms with E-state index in [1.165, 1.54) is 18.7 Å². The quantitative estimate of drug-likeness (QED) is 0.766.